The summed E-state index contributed by atoms with van der Waals surface area (Å²) in [6.07, 6.45) is 1.45. The normalized spacial score (nSPS) is 13.7. The van der Waals surface area contributed by atoms with Crippen molar-refractivity contribution >= 4 is 23.7 Å². The Bertz CT molecular complexity index is 798. The number of nitrogens with one attached hydrogen (secondary N) is 1. The third-order valence-electron chi connectivity index (χ3n) is 4.83. The van der Waals surface area contributed by atoms with Crippen molar-refractivity contribution in [2.45, 2.75) is 53.0 Å². The zero-order valence-electron chi connectivity index (χ0n) is 17.1. The molecular formula is C21H28N2O5. The van der Waals surface area contributed by atoms with E-state index in [1.807, 2.05) is 34.6 Å². The Morgan fingerprint density at radius 2 is 1.79 bits per heavy atom. The first-order valence-corrected chi connectivity index (χ1v) is 9.54. The first-order valence-electron chi connectivity index (χ1n) is 9.54. The molecule has 152 valence electrons. The fraction of sp³-hybridized carbons (Fsp3) is 0.524. The molecule has 1 aliphatic heterocycles. The fourth-order valence-corrected chi connectivity index (χ4v) is 2.72. The van der Waals surface area contributed by atoms with Crippen LogP contribution in [0.5, 0.6) is 0 Å². The van der Waals surface area contributed by atoms with E-state index in [0.717, 1.165) is 6.42 Å². The van der Waals surface area contributed by atoms with Crippen LogP contribution in [0.3, 0.4) is 0 Å². The molecule has 0 bridgehead atoms. The van der Waals surface area contributed by atoms with E-state index in [-0.39, 0.29) is 28.1 Å². The topological polar surface area (TPSA) is 92.8 Å². The first kappa shape index (κ1) is 21.6. The molecule has 2 rings (SSSR count). The van der Waals surface area contributed by atoms with E-state index < -0.39 is 24.4 Å². The van der Waals surface area contributed by atoms with Crippen LogP contribution in [0, 0.1) is 5.92 Å². The van der Waals surface area contributed by atoms with Crippen LogP contribution >= 0.6 is 0 Å². The maximum atomic E-state index is 12.5. The number of carbonyl (C=O) groups is 4. The molecule has 0 radical (unpaired) electrons. The molecule has 0 saturated heterocycles. The van der Waals surface area contributed by atoms with E-state index in [2.05, 4.69) is 5.32 Å². The van der Waals surface area contributed by atoms with Gasteiger partial charge in [0.25, 0.3) is 17.7 Å². The number of rotatable bonds is 8. The smallest absolute Gasteiger partial charge is 0.338 e. The Labute approximate surface area is 165 Å². The van der Waals surface area contributed by atoms with Gasteiger partial charge in [-0.05, 0) is 50.8 Å². The highest BCUT2D eigenvalue weighted by molar-refractivity contribution is 6.21. The minimum atomic E-state index is -0.715. The molecule has 1 N–H and O–H groups in total. The number of hydrogen-bond donors (Lipinski definition) is 1. The summed E-state index contributed by atoms with van der Waals surface area (Å²) < 4.78 is 5.05. The average Bonchev–Trinajstić information content (AvgIpc) is 2.87. The molecule has 28 heavy (non-hydrogen) atoms. The molecule has 1 aliphatic rings. The Morgan fingerprint density at radius 1 is 1.14 bits per heavy atom. The number of nitrogens with zero attached hydrogens (tertiary/aromatic N) is 1. The number of hydrogen-bond acceptors (Lipinski definition) is 5. The predicted octanol–water partition coefficient (Wildman–Crippen LogP) is 2.79. The number of ether oxygens (including phenoxy) is 1. The minimum absolute atomic E-state index is 0.133. The van der Waals surface area contributed by atoms with Gasteiger partial charge in [0.2, 0.25) is 0 Å². The van der Waals surface area contributed by atoms with Crippen LogP contribution < -0.4 is 5.32 Å². The molecule has 0 fully saturated rings. The number of esters is 1. The van der Waals surface area contributed by atoms with Crippen molar-refractivity contribution in [3.8, 4) is 0 Å². The maximum absolute atomic E-state index is 12.5. The molecular weight excluding hydrogens is 360 g/mol. The van der Waals surface area contributed by atoms with Gasteiger partial charge in [-0.15, -0.1) is 0 Å². The molecule has 1 aromatic rings. The van der Waals surface area contributed by atoms with E-state index in [4.69, 9.17) is 4.74 Å². The van der Waals surface area contributed by atoms with Crippen molar-refractivity contribution in [1.82, 2.24) is 10.2 Å². The number of imide groups is 1. The van der Waals surface area contributed by atoms with Crippen molar-refractivity contribution in [1.29, 1.82) is 0 Å². The zero-order chi connectivity index (χ0) is 21.1. The SMILES string of the molecule is CCC(C)(C)NC(=O)COC(=O)c1ccc2c(c1)C(=O)N(CCC(C)C)C2=O. The molecule has 1 heterocycles. The Balaban J connectivity index is 2.04. The summed E-state index contributed by atoms with van der Waals surface area (Å²) >= 11 is 0. The minimum Gasteiger partial charge on any atom is -0.452 e. The standard InChI is InChI=1S/C21H28N2O5/c1-6-21(4,5)22-17(24)12-28-20(27)14-7-8-15-16(11-14)19(26)23(18(15)25)10-9-13(2)3/h7-8,11,13H,6,9-10,12H2,1-5H3,(H,22,24). The van der Waals surface area contributed by atoms with Crippen LogP contribution in [-0.4, -0.2) is 47.3 Å². The monoisotopic (exact) mass is 388 g/mol. The maximum Gasteiger partial charge on any atom is 0.338 e. The lowest BCUT2D eigenvalue weighted by Crippen LogP contribution is -2.44. The number of amides is 3. The van der Waals surface area contributed by atoms with Gasteiger partial charge in [0.15, 0.2) is 6.61 Å². The molecule has 7 heteroatoms. The molecule has 7 nitrogen and oxygen atoms in total. The number of carbonyl (C=O) groups excluding carboxylic acids is 4. The Kier molecular flexibility index (Phi) is 6.59. The van der Waals surface area contributed by atoms with Gasteiger partial charge in [0, 0.05) is 12.1 Å². The molecule has 0 aliphatic carbocycles. The quantitative estimate of drug-likeness (QED) is 0.546. The summed E-state index contributed by atoms with van der Waals surface area (Å²) in [6, 6.07) is 4.26. The van der Waals surface area contributed by atoms with E-state index >= 15 is 0 Å². The predicted molar refractivity (Wildman–Crippen MR) is 104 cm³/mol. The van der Waals surface area contributed by atoms with Crippen LogP contribution in [0.15, 0.2) is 18.2 Å². The number of benzene rings is 1. The Hall–Kier alpha value is -2.70. The summed E-state index contributed by atoms with van der Waals surface area (Å²) in [5, 5.41) is 2.77. The van der Waals surface area contributed by atoms with Gasteiger partial charge in [-0.25, -0.2) is 4.79 Å². The van der Waals surface area contributed by atoms with Gasteiger partial charge in [-0.2, -0.15) is 0 Å². The second-order valence-electron chi connectivity index (χ2n) is 8.07. The van der Waals surface area contributed by atoms with Gasteiger partial charge in [-0.1, -0.05) is 20.8 Å². The summed E-state index contributed by atoms with van der Waals surface area (Å²) in [5.74, 6) is -1.50. The Morgan fingerprint density at radius 3 is 2.39 bits per heavy atom. The molecule has 0 unspecified atom stereocenters. The highest BCUT2D eigenvalue weighted by Gasteiger charge is 2.35. The van der Waals surface area contributed by atoms with Gasteiger partial charge in [0.05, 0.1) is 16.7 Å². The average molecular weight is 388 g/mol. The second-order valence-corrected chi connectivity index (χ2v) is 8.07. The lowest BCUT2D eigenvalue weighted by atomic mass is 10.0. The largest absolute Gasteiger partial charge is 0.452 e. The summed E-state index contributed by atoms with van der Waals surface area (Å²) in [5.41, 5.74) is 0.226. The molecule has 0 saturated carbocycles. The lowest BCUT2D eigenvalue weighted by molar-refractivity contribution is -0.125. The fourth-order valence-electron chi connectivity index (χ4n) is 2.72. The number of fused-ring (bicyclic) bond motifs is 1. The van der Waals surface area contributed by atoms with E-state index in [1.54, 1.807) is 0 Å². The van der Waals surface area contributed by atoms with Gasteiger partial charge < -0.3 is 10.1 Å². The van der Waals surface area contributed by atoms with Gasteiger partial charge in [0.1, 0.15) is 0 Å². The first-order chi connectivity index (χ1) is 13.1. The van der Waals surface area contributed by atoms with Crippen LogP contribution in [0.2, 0.25) is 0 Å². The van der Waals surface area contributed by atoms with Crippen LogP contribution in [0.4, 0.5) is 0 Å². The summed E-state index contributed by atoms with van der Waals surface area (Å²) in [4.78, 5) is 50.3. The van der Waals surface area contributed by atoms with Crippen LogP contribution in [0.25, 0.3) is 0 Å². The van der Waals surface area contributed by atoms with Crippen molar-refractivity contribution in [3.63, 3.8) is 0 Å². The second kappa shape index (κ2) is 8.54. The van der Waals surface area contributed by atoms with Gasteiger partial charge in [-0.3, -0.25) is 19.3 Å². The summed E-state index contributed by atoms with van der Waals surface area (Å²) in [6.45, 7) is 9.67. The van der Waals surface area contributed by atoms with Gasteiger partial charge >= 0.3 is 5.97 Å². The molecule has 1 aromatic carbocycles. The lowest BCUT2D eigenvalue weighted by Gasteiger charge is -2.24. The molecule has 0 aromatic heterocycles. The van der Waals surface area contributed by atoms with Crippen molar-refractivity contribution in [2.75, 3.05) is 13.2 Å². The summed E-state index contributed by atoms with van der Waals surface area (Å²) in [7, 11) is 0. The highest BCUT2D eigenvalue weighted by Crippen LogP contribution is 2.25. The van der Waals surface area contributed by atoms with E-state index in [0.29, 0.717) is 18.9 Å². The van der Waals surface area contributed by atoms with E-state index in [1.165, 1.54) is 23.1 Å². The van der Waals surface area contributed by atoms with E-state index in [9.17, 15) is 19.2 Å². The third-order valence-corrected chi connectivity index (χ3v) is 4.83. The van der Waals surface area contributed by atoms with Crippen molar-refractivity contribution < 1.29 is 23.9 Å². The van der Waals surface area contributed by atoms with Crippen molar-refractivity contribution in [2.24, 2.45) is 5.92 Å². The molecule has 0 atom stereocenters. The third kappa shape index (κ3) is 4.97. The van der Waals surface area contributed by atoms with Crippen LogP contribution in [0.1, 0.15) is 78.5 Å². The molecule has 0 spiro atoms. The van der Waals surface area contributed by atoms with Crippen LogP contribution in [-0.2, 0) is 9.53 Å². The molecule has 3 amide bonds. The van der Waals surface area contributed by atoms with Crippen molar-refractivity contribution in [3.05, 3.63) is 34.9 Å². The highest BCUT2D eigenvalue weighted by atomic mass is 16.5. The zero-order valence-corrected chi connectivity index (χ0v) is 17.1.